The molecule has 3 saturated carbocycles. The monoisotopic (exact) mass is 1900 g/mol. The van der Waals surface area contributed by atoms with Gasteiger partial charge in [-0.15, -0.1) is 0 Å². The van der Waals surface area contributed by atoms with Gasteiger partial charge in [0, 0.05) is 74.2 Å². The van der Waals surface area contributed by atoms with Crippen molar-refractivity contribution in [3.05, 3.63) is 330 Å². The van der Waals surface area contributed by atoms with Gasteiger partial charge in [-0.1, -0.05) is 268 Å². The fourth-order valence-electron chi connectivity index (χ4n) is 17.9. The van der Waals surface area contributed by atoms with E-state index in [4.69, 9.17) is 45.1 Å². The zero-order valence-corrected chi connectivity index (χ0v) is 81.1. The molecule has 6 heterocycles. The number of rotatable bonds is 26. The van der Waals surface area contributed by atoms with Gasteiger partial charge in [0.05, 0.1) is 50.9 Å². The van der Waals surface area contributed by atoms with Crippen LogP contribution in [0.15, 0.2) is 302 Å². The third kappa shape index (κ3) is 21.0. The standard InChI is InChI=1S/C35H34N4O2.C33H31BrN4O2.C30H26N4.3C4H9.C2H3.Sn/c1-5-29-31(25-15-10-7-11-16-25)37-32-36-30(28(23-39(29)32)24-13-8-6-9-14-24)26-17-19-27(20-18-26)35(21-12-22-35)38-33(40)41-34(2,3)4;1-32(2,3)40-31(39)37-33(19-10-20-33)25-17-15-24(16-18-25)27-26(22-11-6-4-7-12-22)21-38-29(34)28(36-30(38)35-27)23-13-8-5-9-14-23;1-2-26-28(22-12-7-4-8-13-22)33-29-32-27(25(20-34(26)29)21-10-5-3-6-11-21)23-14-16-24(17-15-23)30(31)18-9-19-30;3*1-3-4-2;1-2;/h5-11,13-20,23H,1,12,21-22H2,2-4H3,(H,38,40);4-9,11-18,21H,10,19-20H2,1-3H3,(H,37,39);2-8,10-17,20H,1,9,18-19,31H2;3*1,3-4H2,2H3;1H,2H2;. The number of benzene rings is 9. The van der Waals surface area contributed by atoms with Gasteiger partial charge in [-0.05, 0) is 161 Å². The molecule has 0 radical (unpaired) electrons. The van der Waals surface area contributed by atoms with Gasteiger partial charge in [-0.3, -0.25) is 13.2 Å². The largest absolute Gasteiger partial charge is 0.444 e. The molecule has 18 heteroatoms. The maximum absolute atomic E-state index is 12.7. The minimum absolute atomic E-state index is 0.176. The number of alkyl carbamates (subject to hydrolysis) is 2. The molecule has 3 aliphatic rings. The summed E-state index contributed by atoms with van der Waals surface area (Å²) in [6.07, 6.45) is 26.7. The van der Waals surface area contributed by atoms with Gasteiger partial charge < -0.3 is 25.8 Å². The second-order valence-corrected chi connectivity index (χ2v) is 50.8. The van der Waals surface area contributed by atoms with E-state index >= 15 is 0 Å². The Balaban J connectivity index is 0.000000139. The second kappa shape index (κ2) is 40.9. The Kier molecular flexibility index (Phi) is 29.1. The number of amides is 2. The van der Waals surface area contributed by atoms with Crippen LogP contribution >= 0.6 is 15.9 Å². The molecule has 0 bridgehead atoms. The van der Waals surface area contributed by atoms with Crippen LogP contribution in [0, 0.1) is 0 Å². The smallest absolute Gasteiger partial charge is 0.408 e. The van der Waals surface area contributed by atoms with Gasteiger partial charge in [-0.25, -0.2) is 39.5 Å². The molecular weight excluding hydrogens is 1780 g/mol. The predicted octanol–water partition coefficient (Wildman–Crippen LogP) is 28.9. The molecule has 0 aliphatic heterocycles. The number of carbonyl (C=O) groups is 2. The summed E-state index contributed by atoms with van der Waals surface area (Å²) in [5.74, 6) is 1.88. The first-order chi connectivity index (χ1) is 62.9. The average molecular weight is 1900 g/mol. The number of nitrogens with zero attached hydrogens (tertiary/aromatic N) is 9. The molecule has 16 nitrogen and oxygen atoms in total. The first-order valence-corrected chi connectivity index (χ1v) is 54.7. The quantitative estimate of drug-likeness (QED) is 0.0437. The summed E-state index contributed by atoms with van der Waals surface area (Å²) in [6.45, 7) is 30.6. The second-order valence-electron chi connectivity index (χ2n) is 36.8. The zero-order chi connectivity index (χ0) is 91.2. The van der Waals surface area contributed by atoms with Gasteiger partial charge in [-0.2, -0.15) is 0 Å². The van der Waals surface area contributed by atoms with Gasteiger partial charge in [0.2, 0.25) is 17.3 Å². The van der Waals surface area contributed by atoms with Crippen molar-refractivity contribution in [2.75, 3.05) is 0 Å². The van der Waals surface area contributed by atoms with Crippen LogP contribution in [0.2, 0.25) is 13.3 Å². The molecule has 18 rings (SSSR count). The number of nitrogens with two attached hydrogens (primary N) is 1. The number of hydrogen-bond donors (Lipinski definition) is 3. The SMILES string of the molecule is C=Cc1c(-c2ccccc2)nc2nc(-c3ccc(C4(N)CCC4)cc3)c(-c3ccccc3)cn12.C=Cc1c(-c2ccccc2)nc2nc(-c3ccc(C4(NC(=O)OC(C)(C)C)CCC4)cc3)c(-c3ccccc3)cn12.C=[CH][Sn]([CH2]CCC)([CH2]CCC)[CH2]CCC.CC(C)(C)OC(=O)NC1(c2ccc(-c3nc4nc(-c5ccccc5)c(Br)n4cc3-c3ccccc3)cc2)CCC1. The van der Waals surface area contributed by atoms with E-state index in [0.29, 0.717) is 17.3 Å². The van der Waals surface area contributed by atoms with E-state index < -0.39 is 40.7 Å². The molecule has 0 spiro atoms. The summed E-state index contributed by atoms with van der Waals surface area (Å²) in [4.78, 5) is 55.3. The molecule has 4 N–H and O–H groups in total. The van der Waals surface area contributed by atoms with E-state index in [0.717, 1.165) is 179 Å². The Bertz CT molecular complexity index is 6390. The van der Waals surface area contributed by atoms with Crippen LogP contribution in [0.4, 0.5) is 9.59 Å². The number of ether oxygens (including phenoxy) is 2. The van der Waals surface area contributed by atoms with Crippen LogP contribution in [0.1, 0.15) is 187 Å². The molecule has 3 fully saturated rings. The van der Waals surface area contributed by atoms with Crippen molar-refractivity contribution in [2.24, 2.45) is 5.73 Å². The van der Waals surface area contributed by atoms with Crippen molar-refractivity contribution in [3.63, 3.8) is 0 Å². The summed E-state index contributed by atoms with van der Waals surface area (Å²) >= 11 is 1.92. The van der Waals surface area contributed by atoms with Crippen molar-refractivity contribution in [3.8, 4) is 101 Å². The van der Waals surface area contributed by atoms with Crippen LogP contribution in [0.3, 0.4) is 0 Å². The summed E-state index contributed by atoms with van der Waals surface area (Å²) in [6, 6.07) is 86.7. The van der Waals surface area contributed by atoms with Crippen molar-refractivity contribution in [1.29, 1.82) is 0 Å². The maximum atomic E-state index is 12.7. The number of hydrogen-bond acceptors (Lipinski definition) is 11. The first-order valence-electron chi connectivity index (χ1n) is 46.2. The van der Waals surface area contributed by atoms with Crippen molar-refractivity contribution < 1.29 is 19.1 Å². The Labute approximate surface area is 779 Å². The molecule has 6 aromatic heterocycles. The molecule has 15 aromatic rings. The fourth-order valence-corrected chi connectivity index (χ4v) is 31.4. The van der Waals surface area contributed by atoms with E-state index in [2.05, 4.69) is 223 Å². The summed E-state index contributed by atoms with van der Waals surface area (Å²) in [5, 5.41) is 6.31. The Morgan fingerprint density at radius 1 is 0.385 bits per heavy atom. The Hall–Kier alpha value is -12.2. The van der Waals surface area contributed by atoms with Crippen LogP contribution < -0.4 is 16.4 Å². The predicted molar refractivity (Wildman–Crippen MR) is 540 cm³/mol. The number of unbranched alkanes of at least 4 members (excludes halogenated alkanes) is 3. The average Bonchev–Trinajstić information content (AvgIpc) is 1.49. The molecule has 0 atom stereocenters. The van der Waals surface area contributed by atoms with E-state index in [1.54, 1.807) is 13.3 Å². The molecule has 0 saturated heterocycles. The van der Waals surface area contributed by atoms with E-state index in [1.165, 1.54) is 50.5 Å². The maximum Gasteiger partial charge on any atom is 0.408 e. The summed E-state index contributed by atoms with van der Waals surface area (Å²) < 4.78 is 25.2. The van der Waals surface area contributed by atoms with Gasteiger partial charge >= 0.3 is 114 Å². The van der Waals surface area contributed by atoms with E-state index in [-0.39, 0.29) is 17.7 Å². The van der Waals surface area contributed by atoms with Crippen molar-refractivity contribution in [2.45, 2.75) is 200 Å². The van der Waals surface area contributed by atoms with E-state index in [1.807, 2.05) is 188 Å². The van der Waals surface area contributed by atoms with Crippen LogP contribution in [0.5, 0.6) is 0 Å². The number of imidazole rings is 3. The van der Waals surface area contributed by atoms with Gasteiger partial charge in [0.25, 0.3) is 0 Å². The number of carbonyl (C=O) groups excluding carboxylic acids is 2. The molecule has 9 aromatic carbocycles. The molecule has 3 aliphatic carbocycles. The van der Waals surface area contributed by atoms with Crippen molar-refractivity contribution >= 4 is 76.0 Å². The van der Waals surface area contributed by atoms with Crippen LogP contribution in [0.25, 0.3) is 130 Å². The molecule has 130 heavy (non-hydrogen) atoms. The third-order valence-electron chi connectivity index (χ3n) is 25.5. The fraction of sp³-hybridized carbons (Fsp3) is 0.286. The third-order valence-corrected chi connectivity index (χ3v) is 40.2. The number of nitrogens with one attached hydrogen (secondary N) is 2. The number of fused-ring (bicyclic) bond motifs is 3. The topological polar surface area (TPSA) is 193 Å². The molecule has 664 valence electrons. The van der Waals surface area contributed by atoms with Gasteiger partial charge in [0.15, 0.2) is 0 Å². The minimum Gasteiger partial charge on any atom is -0.444 e. The molecule has 0 unspecified atom stereocenters. The Morgan fingerprint density at radius 3 is 0.931 bits per heavy atom. The molecule has 2 amide bonds. The minimum atomic E-state index is -1.85. The van der Waals surface area contributed by atoms with E-state index in [9.17, 15) is 9.59 Å². The van der Waals surface area contributed by atoms with Crippen LogP contribution in [-0.2, 0) is 26.1 Å². The molecular formula is C112H121BrN12O4Sn. The normalized spacial score (nSPS) is 14.1. The summed E-state index contributed by atoms with van der Waals surface area (Å²) in [7, 11) is 0. The van der Waals surface area contributed by atoms with Crippen molar-refractivity contribution in [1.82, 2.24) is 53.7 Å². The number of aromatic nitrogens is 9. The number of halogens is 1. The zero-order valence-electron chi connectivity index (χ0n) is 76.7. The van der Waals surface area contributed by atoms with Gasteiger partial charge in [0.1, 0.15) is 21.5 Å². The summed E-state index contributed by atoms with van der Waals surface area (Å²) in [5.41, 5.74) is 27.2. The first kappa shape index (κ1) is 92.5. The van der Waals surface area contributed by atoms with Crippen LogP contribution in [-0.4, -0.2) is 84.9 Å². The Morgan fingerprint density at radius 2 is 0.654 bits per heavy atom.